The Bertz CT molecular complexity index is 1580. The molecule has 1 atom stereocenters. The molecule has 2 N–H and O–H groups in total. The molecule has 2 fully saturated rings. The van der Waals surface area contributed by atoms with Crippen molar-refractivity contribution in [1.82, 2.24) is 19.9 Å². The topological polar surface area (TPSA) is 150 Å². The van der Waals surface area contributed by atoms with Crippen LogP contribution in [0.2, 0.25) is 0 Å². The van der Waals surface area contributed by atoms with Gasteiger partial charge in [-0.05, 0) is 58.3 Å². The van der Waals surface area contributed by atoms with E-state index in [9.17, 15) is 20.0 Å². The van der Waals surface area contributed by atoms with Crippen LogP contribution < -0.4 is 19.9 Å². The highest BCUT2D eigenvalue weighted by atomic mass is 16.6. The van der Waals surface area contributed by atoms with E-state index >= 15 is 0 Å². The molecule has 0 bridgehead atoms. The van der Waals surface area contributed by atoms with Crippen LogP contribution in [-0.4, -0.2) is 82.7 Å². The number of nitrogens with one attached hydrogen (secondary N) is 1. The molecule has 0 amide bonds. The first-order valence-corrected chi connectivity index (χ1v) is 14.0. The fourth-order valence-electron chi connectivity index (χ4n) is 6.17. The van der Waals surface area contributed by atoms with Crippen molar-refractivity contribution >= 4 is 40.5 Å². The highest BCUT2D eigenvalue weighted by Crippen LogP contribution is 2.57. The zero-order valence-electron chi connectivity index (χ0n) is 24.1. The van der Waals surface area contributed by atoms with Crippen LogP contribution in [0.15, 0.2) is 30.5 Å². The molecule has 42 heavy (non-hydrogen) atoms. The third-order valence-corrected chi connectivity index (χ3v) is 8.68. The minimum absolute atomic E-state index is 0.0448. The van der Waals surface area contributed by atoms with Gasteiger partial charge in [-0.3, -0.25) is 15.1 Å². The van der Waals surface area contributed by atoms with Crippen molar-refractivity contribution in [3.05, 3.63) is 57.5 Å². The maximum atomic E-state index is 12.2. The third-order valence-electron chi connectivity index (χ3n) is 8.68. The summed E-state index contributed by atoms with van der Waals surface area (Å²) in [5.41, 5.74) is 3.21. The second-order valence-electron chi connectivity index (χ2n) is 11.5. The molecule has 1 aliphatic carbocycles. The van der Waals surface area contributed by atoms with Gasteiger partial charge in [-0.2, -0.15) is 4.98 Å². The van der Waals surface area contributed by atoms with Crippen molar-refractivity contribution in [3.8, 4) is 5.75 Å². The van der Waals surface area contributed by atoms with Gasteiger partial charge in [0, 0.05) is 55.6 Å². The van der Waals surface area contributed by atoms with Crippen molar-refractivity contribution in [2.75, 3.05) is 56.0 Å². The Labute approximate surface area is 243 Å². The lowest BCUT2D eigenvalue weighted by Gasteiger charge is -2.27. The second kappa shape index (κ2) is 10.4. The van der Waals surface area contributed by atoms with Crippen molar-refractivity contribution in [2.45, 2.75) is 44.1 Å². The number of nitro benzene ring substituents is 1. The maximum Gasteiger partial charge on any atom is 0.341 e. The lowest BCUT2D eigenvalue weighted by atomic mass is 10.0. The molecule has 2 aliphatic heterocycles. The monoisotopic (exact) mass is 574 g/mol. The average Bonchev–Trinajstić information content (AvgIpc) is 3.54. The Morgan fingerprint density at radius 2 is 2.10 bits per heavy atom. The summed E-state index contributed by atoms with van der Waals surface area (Å²) < 4.78 is 5.63. The molecule has 1 saturated heterocycles. The van der Waals surface area contributed by atoms with Crippen LogP contribution in [0.3, 0.4) is 0 Å². The van der Waals surface area contributed by atoms with Crippen molar-refractivity contribution in [2.24, 2.45) is 0 Å². The Morgan fingerprint density at radius 1 is 1.31 bits per heavy atom. The average molecular weight is 575 g/mol. The summed E-state index contributed by atoms with van der Waals surface area (Å²) >= 11 is 0. The number of nitrogens with zero attached hydrogens (tertiary/aromatic N) is 7. The normalized spacial score (nSPS) is 18.7. The number of aromatic carboxylic acids is 1. The van der Waals surface area contributed by atoms with E-state index in [-0.39, 0.29) is 28.4 Å². The van der Waals surface area contributed by atoms with Crippen LogP contribution in [0.5, 0.6) is 5.75 Å². The number of benzene rings is 1. The number of likely N-dealkylation sites (N-methyl/N-ethyl adjacent to an activating group) is 2. The number of likely N-dealkylation sites (tertiary alicyclic amines) is 1. The van der Waals surface area contributed by atoms with Gasteiger partial charge in [0.25, 0.3) is 5.69 Å². The number of nitro groups is 1. The molecule has 2 aromatic heterocycles. The molecule has 1 saturated carbocycles. The predicted molar refractivity (Wildman–Crippen MR) is 158 cm³/mol. The summed E-state index contributed by atoms with van der Waals surface area (Å²) in [5.74, 6) is -0.447. The highest BCUT2D eigenvalue weighted by molar-refractivity contribution is 5.95. The smallest absolute Gasteiger partial charge is 0.341 e. The van der Waals surface area contributed by atoms with Gasteiger partial charge in [-0.25, -0.2) is 9.78 Å². The quantitative estimate of drug-likeness (QED) is 0.278. The molecule has 13 nitrogen and oxygen atoms in total. The number of carboxylic acids is 1. The number of fused-ring (bicyclic) bond motifs is 2. The summed E-state index contributed by atoms with van der Waals surface area (Å²) in [6.45, 7) is 4.16. The standard InChI is InChI=1S/C29H34N8O5/c1-17-7-8-21-25(31-17)29(9-10-29)16-36(21)26-19(27(38)39)14-30-28(33-26)32-20-12-23(37(40)41)22(13-24(20)42-4)35(3)15-18-6-5-11-34(18)2/h7-8,12-14,18H,5-6,9-11,15-16H2,1-4H3,(H,38,39)(H,30,32,33)/t18-/m0/s1. The highest BCUT2D eigenvalue weighted by Gasteiger charge is 2.54. The van der Waals surface area contributed by atoms with E-state index in [1.807, 2.05) is 35.9 Å². The van der Waals surface area contributed by atoms with Crippen LogP contribution in [-0.2, 0) is 5.41 Å². The van der Waals surface area contributed by atoms with E-state index in [4.69, 9.17) is 9.72 Å². The van der Waals surface area contributed by atoms with Gasteiger partial charge < -0.3 is 29.9 Å². The van der Waals surface area contributed by atoms with Crippen LogP contribution in [0.1, 0.15) is 47.4 Å². The van der Waals surface area contributed by atoms with Gasteiger partial charge in [0.2, 0.25) is 5.95 Å². The fourth-order valence-corrected chi connectivity index (χ4v) is 6.17. The molecular formula is C29H34N8O5. The lowest BCUT2D eigenvalue weighted by molar-refractivity contribution is -0.384. The number of pyridine rings is 1. The first-order valence-electron chi connectivity index (χ1n) is 14.0. The van der Waals surface area contributed by atoms with Crippen LogP contribution in [0.4, 0.5) is 34.5 Å². The van der Waals surface area contributed by atoms with Gasteiger partial charge in [0.15, 0.2) is 5.82 Å². The SMILES string of the molecule is COc1cc(N(C)C[C@@H]2CCCN2C)c([N+](=O)[O-])cc1Nc1ncc(C(=O)O)c(N2CC3(CC3)c3nc(C)ccc32)n1. The number of carbonyl (C=O) groups is 1. The zero-order chi connectivity index (χ0) is 29.8. The molecule has 13 heteroatoms. The minimum Gasteiger partial charge on any atom is -0.494 e. The molecule has 220 valence electrons. The maximum absolute atomic E-state index is 12.2. The van der Waals surface area contributed by atoms with Gasteiger partial charge in [-0.15, -0.1) is 0 Å². The first-order chi connectivity index (χ1) is 20.1. The summed E-state index contributed by atoms with van der Waals surface area (Å²) in [4.78, 5) is 43.7. The van der Waals surface area contributed by atoms with Gasteiger partial charge in [0.05, 0.1) is 29.1 Å². The number of rotatable bonds is 9. The van der Waals surface area contributed by atoms with E-state index in [0.29, 0.717) is 36.3 Å². The van der Waals surface area contributed by atoms with Crippen LogP contribution in [0, 0.1) is 17.0 Å². The summed E-state index contributed by atoms with van der Waals surface area (Å²) in [6.07, 6.45) is 5.35. The number of aromatic nitrogens is 3. The molecule has 3 aromatic rings. The minimum atomic E-state index is -1.15. The lowest BCUT2D eigenvalue weighted by Crippen LogP contribution is -2.36. The largest absolute Gasteiger partial charge is 0.494 e. The molecule has 1 aromatic carbocycles. The first kappa shape index (κ1) is 27.6. The number of aryl methyl sites for hydroxylation is 1. The van der Waals surface area contributed by atoms with Crippen molar-refractivity contribution in [1.29, 1.82) is 0 Å². The van der Waals surface area contributed by atoms with Gasteiger partial charge in [-0.1, -0.05) is 0 Å². The van der Waals surface area contributed by atoms with Crippen LogP contribution >= 0.6 is 0 Å². The Morgan fingerprint density at radius 3 is 2.74 bits per heavy atom. The van der Waals surface area contributed by atoms with Crippen LogP contribution in [0.25, 0.3) is 0 Å². The van der Waals surface area contributed by atoms with E-state index < -0.39 is 10.9 Å². The Balaban J connectivity index is 1.35. The van der Waals surface area contributed by atoms with E-state index in [1.54, 1.807) is 6.07 Å². The van der Waals surface area contributed by atoms with Gasteiger partial charge in [0.1, 0.15) is 17.0 Å². The molecule has 4 heterocycles. The molecule has 1 spiro atoms. The Kier molecular flexibility index (Phi) is 6.84. The molecule has 3 aliphatic rings. The molecule has 0 radical (unpaired) electrons. The van der Waals surface area contributed by atoms with Crippen molar-refractivity contribution in [3.63, 3.8) is 0 Å². The molecule has 6 rings (SSSR count). The summed E-state index contributed by atoms with van der Waals surface area (Å²) in [7, 11) is 5.41. The third kappa shape index (κ3) is 4.83. The molecular weight excluding hydrogens is 540 g/mol. The zero-order valence-corrected chi connectivity index (χ0v) is 24.1. The fraction of sp³-hybridized carbons (Fsp3) is 0.448. The number of ether oxygens (including phenoxy) is 1. The van der Waals surface area contributed by atoms with E-state index in [1.165, 1.54) is 19.4 Å². The van der Waals surface area contributed by atoms with E-state index in [0.717, 1.165) is 49.3 Å². The number of anilines is 5. The number of methoxy groups -OCH3 is 1. The van der Waals surface area contributed by atoms with Gasteiger partial charge >= 0.3 is 5.97 Å². The molecule has 0 unspecified atom stereocenters. The predicted octanol–water partition coefficient (Wildman–Crippen LogP) is 4.25. The summed E-state index contributed by atoms with van der Waals surface area (Å²) in [6, 6.07) is 7.22. The Hall–Kier alpha value is -4.52. The second-order valence-corrected chi connectivity index (χ2v) is 11.5. The summed E-state index contributed by atoms with van der Waals surface area (Å²) in [5, 5.41) is 25.2. The van der Waals surface area contributed by atoms with Crippen molar-refractivity contribution < 1.29 is 19.6 Å². The number of carboxylic acid groups (broad SMARTS) is 1. The van der Waals surface area contributed by atoms with E-state index in [2.05, 4.69) is 27.2 Å². The number of hydrogen-bond acceptors (Lipinski definition) is 11. The number of hydrogen-bond donors (Lipinski definition) is 2.